The molecule has 0 atom stereocenters. The highest BCUT2D eigenvalue weighted by atomic mass is 19.4. The van der Waals surface area contributed by atoms with Gasteiger partial charge in [0, 0.05) is 28.2 Å². The van der Waals surface area contributed by atoms with Crippen molar-refractivity contribution in [1.29, 1.82) is 0 Å². The van der Waals surface area contributed by atoms with Crippen molar-refractivity contribution in [3.05, 3.63) is 82.7 Å². The van der Waals surface area contributed by atoms with Crippen LogP contribution in [0.4, 0.5) is 13.2 Å². The number of halogens is 3. The van der Waals surface area contributed by atoms with E-state index in [2.05, 4.69) is 10.5 Å². The number of carbonyl (C=O) groups is 1. The van der Waals surface area contributed by atoms with E-state index in [0.29, 0.717) is 34.9 Å². The maximum Gasteiger partial charge on any atom is 0.416 e. The fourth-order valence-corrected chi connectivity index (χ4v) is 3.28. The number of carbonyl (C=O) groups excluding carboxylic acids is 1. The molecule has 0 fully saturated rings. The van der Waals surface area contributed by atoms with E-state index >= 15 is 0 Å². The molecular formula is C24H24F3N3O2. The van der Waals surface area contributed by atoms with E-state index < -0.39 is 11.7 Å². The Hall–Kier alpha value is -3.55. The van der Waals surface area contributed by atoms with Crippen molar-refractivity contribution in [1.82, 2.24) is 9.99 Å². The summed E-state index contributed by atoms with van der Waals surface area (Å²) in [5.74, 6) is 0.309. The summed E-state index contributed by atoms with van der Waals surface area (Å²) in [7, 11) is 0. The molecule has 1 aromatic heterocycles. The lowest BCUT2D eigenvalue weighted by Crippen LogP contribution is -2.17. The smallest absolute Gasteiger partial charge is 0.416 e. The summed E-state index contributed by atoms with van der Waals surface area (Å²) < 4.78 is 46.4. The predicted octanol–water partition coefficient (Wildman–Crippen LogP) is 5.67. The standard InChI is InChI=1S/C24H24F3N3O2/c1-4-12-32-22-10-8-18(9-11-22)23(31)29-28-15-19-13-16(2)30(17(19)3)21-7-5-6-20(14-21)24(25,26)27/h5-11,13-15H,4,12H2,1-3H3,(H,29,31)/b28-15-. The molecule has 1 N–H and O–H groups in total. The minimum Gasteiger partial charge on any atom is -0.494 e. The van der Waals surface area contributed by atoms with Crippen LogP contribution in [0.3, 0.4) is 0 Å². The summed E-state index contributed by atoms with van der Waals surface area (Å²) in [6.07, 6.45) is -2.05. The van der Waals surface area contributed by atoms with E-state index in [4.69, 9.17) is 4.74 Å². The Labute approximate surface area is 184 Å². The predicted molar refractivity (Wildman–Crippen MR) is 118 cm³/mol. The van der Waals surface area contributed by atoms with Gasteiger partial charge in [-0.15, -0.1) is 0 Å². The lowest BCUT2D eigenvalue weighted by molar-refractivity contribution is -0.137. The van der Waals surface area contributed by atoms with E-state index in [1.165, 1.54) is 12.3 Å². The summed E-state index contributed by atoms with van der Waals surface area (Å²) in [5, 5.41) is 4.01. The maximum atomic E-state index is 13.1. The Morgan fingerprint density at radius 2 is 1.84 bits per heavy atom. The van der Waals surface area contributed by atoms with Gasteiger partial charge in [-0.25, -0.2) is 5.43 Å². The fraction of sp³-hybridized carbons (Fsp3) is 0.250. The number of hydrogen-bond donors (Lipinski definition) is 1. The van der Waals surface area contributed by atoms with E-state index in [9.17, 15) is 18.0 Å². The van der Waals surface area contributed by atoms with E-state index in [1.54, 1.807) is 54.8 Å². The number of amides is 1. The highest BCUT2D eigenvalue weighted by molar-refractivity contribution is 5.95. The first-order valence-corrected chi connectivity index (χ1v) is 10.1. The number of nitrogens with one attached hydrogen (secondary N) is 1. The molecule has 0 unspecified atom stereocenters. The molecular weight excluding hydrogens is 419 g/mol. The first-order chi connectivity index (χ1) is 15.2. The van der Waals surface area contributed by atoms with Gasteiger partial charge in [0.1, 0.15) is 5.75 Å². The highest BCUT2D eigenvalue weighted by Gasteiger charge is 2.30. The van der Waals surface area contributed by atoms with Crippen molar-refractivity contribution in [3.63, 3.8) is 0 Å². The summed E-state index contributed by atoms with van der Waals surface area (Å²) in [6.45, 7) is 6.20. The molecule has 0 aliphatic heterocycles. The molecule has 0 saturated carbocycles. The number of benzene rings is 2. The molecule has 168 valence electrons. The molecule has 0 bridgehead atoms. The molecule has 0 aliphatic carbocycles. The minimum absolute atomic E-state index is 0.380. The number of rotatable bonds is 7. The van der Waals surface area contributed by atoms with Crippen molar-refractivity contribution in [2.45, 2.75) is 33.4 Å². The fourth-order valence-electron chi connectivity index (χ4n) is 3.28. The average molecular weight is 443 g/mol. The van der Waals surface area contributed by atoms with Crippen LogP contribution in [0.5, 0.6) is 5.75 Å². The van der Waals surface area contributed by atoms with Crippen LogP contribution in [0.1, 0.15) is 46.2 Å². The zero-order valence-electron chi connectivity index (χ0n) is 18.0. The van der Waals surface area contributed by atoms with Gasteiger partial charge in [0.2, 0.25) is 0 Å². The van der Waals surface area contributed by atoms with Crippen LogP contribution in [0.15, 0.2) is 59.7 Å². The zero-order valence-corrected chi connectivity index (χ0v) is 18.0. The van der Waals surface area contributed by atoms with Crippen LogP contribution in [0, 0.1) is 13.8 Å². The normalized spacial score (nSPS) is 11.7. The molecule has 2 aromatic carbocycles. The van der Waals surface area contributed by atoms with Crippen molar-refractivity contribution in [2.24, 2.45) is 5.10 Å². The highest BCUT2D eigenvalue weighted by Crippen LogP contribution is 2.31. The number of hydrogen-bond acceptors (Lipinski definition) is 3. The zero-order chi connectivity index (χ0) is 23.3. The molecule has 0 aliphatic rings. The Kier molecular flexibility index (Phi) is 7.02. The molecule has 1 amide bonds. The molecule has 32 heavy (non-hydrogen) atoms. The molecule has 3 aromatic rings. The van der Waals surface area contributed by atoms with E-state index in [0.717, 1.165) is 24.2 Å². The van der Waals surface area contributed by atoms with Crippen LogP contribution in [-0.4, -0.2) is 23.3 Å². The molecule has 8 heteroatoms. The van der Waals surface area contributed by atoms with Gasteiger partial charge < -0.3 is 9.30 Å². The number of nitrogens with zero attached hydrogens (tertiary/aromatic N) is 2. The second-order valence-electron chi connectivity index (χ2n) is 7.28. The van der Waals surface area contributed by atoms with E-state index in [1.807, 2.05) is 6.92 Å². The van der Waals surface area contributed by atoms with Crippen LogP contribution in [0.25, 0.3) is 5.69 Å². The summed E-state index contributed by atoms with van der Waals surface area (Å²) >= 11 is 0. The SMILES string of the molecule is CCCOc1ccc(C(=O)N/N=C\c2cc(C)n(-c3cccc(C(F)(F)F)c3)c2C)cc1. The third kappa shape index (κ3) is 5.38. The lowest BCUT2D eigenvalue weighted by atomic mass is 10.2. The Morgan fingerprint density at radius 3 is 2.50 bits per heavy atom. The second kappa shape index (κ2) is 9.72. The molecule has 1 heterocycles. The number of aryl methyl sites for hydroxylation is 1. The van der Waals surface area contributed by atoms with Crippen molar-refractivity contribution in [3.8, 4) is 11.4 Å². The van der Waals surface area contributed by atoms with Gasteiger partial charge >= 0.3 is 6.18 Å². The molecule has 0 spiro atoms. The minimum atomic E-state index is -4.42. The Bertz CT molecular complexity index is 1120. The summed E-state index contributed by atoms with van der Waals surface area (Å²) in [4.78, 5) is 12.3. The van der Waals surface area contributed by atoms with Gasteiger partial charge in [-0.2, -0.15) is 18.3 Å². The van der Waals surface area contributed by atoms with Crippen molar-refractivity contribution in [2.75, 3.05) is 6.61 Å². The molecule has 3 rings (SSSR count). The van der Waals surface area contributed by atoms with Gasteiger partial charge in [0.05, 0.1) is 18.4 Å². The Morgan fingerprint density at radius 1 is 1.12 bits per heavy atom. The van der Waals surface area contributed by atoms with Gasteiger partial charge in [-0.05, 0) is 68.8 Å². The molecule has 5 nitrogen and oxygen atoms in total. The van der Waals surface area contributed by atoms with Crippen LogP contribution >= 0.6 is 0 Å². The quantitative estimate of drug-likeness (QED) is 0.378. The van der Waals surface area contributed by atoms with Crippen molar-refractivity contribution >= 4 is 12.1 Å². The summed E-state index contributed by atoms with van der Waals surface area (Å²) in [6, 6.07) is 13.7. The van der Waals surface area contributed by atoms with Gasteiger partial charge in [-0.3, -0.25) is 4.79 Å². The van der Waals surface area contributed by atoms with Gasteiger partial charge in [0.25, 0.3) is 5.91 Å². The monoisotopic (exact) mass is 443 g/mol. The number of aromatic nitrogens is 1. The third-order valence-corrected chi connectivity index (χ3v) is 4.86. The summed E-state index contributed by atoms with van der Waals surface area (Å²) in [5.41, 5.74) is 4.73. The molecule has 0 saturated heterocycles. The topological polar surface area (TPSA) is 55.6 Å². The first-order valence-electron chi connectivity index (χ1n) is 10.1. The van der Waals surface area contributed by atoms with Crippen LogP contribution in [0.2, 0.25) is 0 Å². The number of ether oxygens (including phenoxy) is 1. The largest absolute Gasteiger partial charge is 0.494 e. The number of hydrazone groups is 1. The van der Waals surface area contributed by atoms with Crippen molar-refractivity contribution < 1.29 is 22.7 Å². The molecule has 0 radical (unpaired) electrons. The third-order valence-electron chi connectivity index (χ3n) is 4.86. The van der Waals surface area contributed by atoms with Gasteiger partial charge in [-0.1, -0.05) is 13.0 Å². The maximum absolute atomic E-state index is 13.1. The van der Waals surface area contributed by atoms with Crippen LogP contribution in [-0.2, 0) is 6.18 Å². The lowest BCUT2D eigenvalue weighted by Gasteiger charge is -2.13. The first kappa shape index (κ1) is 23.1. The average Bonchev–Trinajstić information content (AvgIpc) is 3.05. The van der Waals surface area contributed by atoms with Gasteiger partial charge in [0.15, 0.2) is 0 Å². The second-order valence-corrected chi connectivity index (χ2v) is 7.28. The van der Waals surface area contributed by atoms with Crippen LogP contribution < -0.4 is 10.2 Å². The Balaban J connectivity index is 1.73. The number of alkyl halides is 3. The van der Waals surface area contributed by atoms with E-state index in [-0.39, 0.29) is 5.91 Å².